The molecule has 1 rings (SSSR count). The average molecular weight is 378 g/mol. The minimum atomic E-state index is -3.53. The largest absolute Gasteiger partial charge is 0.507 e. The number of hydrogen-bond acceptors (Lipinski definition) is 3. The van der Waals surface area contributed by atoms with Crippen LogP contribution in [0.1, 0.15) is 0 Å². The van der Waals surface area contributed by atoms with Gasteiger partial charge < -0.3 is 5.11 Å². The van der Waals surface area contributed by atoms with Crippen LogP contribution in [0.2, 0.25) is 0 Å². The molecule has 0 saturated heterocycles. The monoisotopic (exact) mass is 378 g/mol. The lowest BCUT2D eigenvalue weighted by Gasteiger charge is -1.95. The van der Waals surface area contributed by atoms with Crippen molar-refractivity contribution in [1.29, 1.82) is 0 Å². The van der Waals surface area contributed by atoms with E-state index in [1.807, 2.05) is 22.6 Å². The Morgan fingerprint density at radius 3 is 2.36 bits per heavy atom. The predicted octanol–water partition coefficient (Wildman–Crippen LogP) is 2.36. The summed E-state index contributed by atoms with van der Waals surface area (Å²) in [6.07, 6.45) is 0. The van der Waals surface area contributed by atoms with Crippen LogP contribution in [-0.4, -0.2) is 5.11 Å². The molecule has 60 valence electrons. The Hall–Kier alpha value is 0.0800. The molecule has 11 heavy (non-hydrogen) atoms. The molecular weight excluding hydrogens is 374 g/mol. The lowest BCUT2D eigenvalue weighted by atomic mass is 10.3. The van der Waals surface area contributed by atoms with Crippen LogP contribution >= 0.6 is 42.4 Å². The fraction of sp³-hybridized carbons (Fsp3) is 0. The molecule has 0 aromatic heterocycles. The van der Waals surface area contributed by atoms with Gasteiger partial charge in [-0.2, -0.15) is 0 Å². The number of phenols is 1. The van der Waals surface area contributed by atoms with Crippen molar-refractivity contribution in [3.63, 3.8) is 0 Å². The molecule has 0 bridgehead atoms. The highest BCUT2D eigenvalue weighted by Gasteiger charge is 2.09. The molecule has 0 atom stereocenters. The van der Waals surface area contributed by atoms with Crippen molar-refractivity contribution in [3.8, 4) is 5.75 Å². The summed E-state index contributed by atoms with van der Waals surface area (Å²) in [6, 6.07) is 4.63. The van der Waals surface area contributed by atoms with Crippen LogP contribution in [0.5, 0.6) is 5.75 Å². The Morgan fingerprint density at radius 2 is 2.00 bits per heavy atom. The summed E-state index contributed by atoms with van der Waals surface area (Å²) in [5, 5.41) is 9.10. The number of phenolic OH excluding ortho intramolecular Hbond substituents is 1. The highest BCUT2D eigenvalue weighted by Crippen LogP contribution is 2.30. The molecule has 0 fully saturated rings. The van der Waals surface area contributed by atoms with E-state index in [-0.39, 0.29) is 9.32 Å². The van der Waals surface area contributed by atoms with Gasteiger partial charge >= 0.3 is 19.8 Å². The Balaban J connectivity index is 3.44. The maximum Gasteiger partial charge on any atom is 0.345 e. The van der Waals surface area contributed by atoms with Gasteiger partial charge in [-0.1, -0.05) is 6.07 Å². The SMILES string of the molecule is O=I(=O)c1c(O)cccc1I. The standard InChI is InChI=1S/C6H4I2O3/c7-4-2-1-3-5(9)6(4)8(10)11/h1-3,9H. The number of aromatic hydroxyl groups is 1. The molecule has 0 radical (unpaired) electrons. The van der Waals surface area contributed by atoms with Crippen LogP contribution in [0.25, 0.3) is 0 Å². The van der Waals surface area contributed by atoms with Gasteiger partial charge in [0.1, 0.15) is 9.32 Å². The zero-order valence-electron chi connectivity index (χ0n) is 5.25. The maximum absolute atomic E-state index is 10.6. The van der Waals surface area contributed by atoms with Crippen LogP contribution in [0.15, 0.2) is 18.2 Å². The van der Waals surface area contributed by atoms with Crippen molar-refractivity contribution in [1.82, 2.24) is 0 Å². The molecule has 1 N–H and O–H groups in total. The van der Waals surface area contributed by atoms with Gasteiger partial charge in [-0.15, -0.1) is 0 Å². The lowest BCUT2D eigenvalue weighted by molar-refractivity contribution is 0.470. The molecule has 1 aromatic rings. The summed E-state index contributed by atoms with van der Waals surface area (Å²) < 4.78 is 21.9. The molecule has 0 unspecified atom stereocenters. The van der Waals surface area contributed by atoms with Gasteiger partial charge in [0.15, 0.2) is 0 Å². The smallest absolute Gasteiger partial charge is 0.345 e. The molecule has 1 aromatic carbocycles. The van der Waals surface area contributed by atoms with Crippen molar-refractivity contribution in [2.24, 2.45) is 0 Å². The topological polar surface area (TPSA) is 54.4 Å². The van der Waals surface area contributed by atoms with Gasteiger partial charge in [-0.05, 0) is 34.7 Å². The molecule has 5 heteroatoms. The number of halogens is 2. The van der Waals surface area contributed by atoms with E-state index < -0.39 is 19.8 Å². The lowest BCUT2D eigenvalue weighted by Crippen LogP contribution is -1.79. The minimum Gasteiger partial charge on any atom is -0.507 e. The van der Waals surface area contributed by atoms with E-state index in [0.29, 0.717) is 3.57 Å². The van der Waals surface area contributed by atoms with Gasteiger partial charge in [0.25, 0.3) is 0 Å². The highest BCUT2D eigenvalue weighted by molar-refractivity contribution is 14.2. The second-order valence-corrected chi connectivity index (χ2v) is 5.27. The van der Waals surface area contributed by atoms with Crippen molar-refractivity contribution in [2.75, 3.05) is 0 Å². The molecule has 3 nitrogen and oxygen atoms in total. The van der Waals surface area contributed by atoms with Crippen LogP contribution in [0.4, 0.5) is 0 Å². The zero-order valence-corrected chi connectivity index (χ0v) is 9.57. The summed E-state index contributed by atoms with van der Waals surface area (Å²) in [5.41, 5.74) is 0. The highest BCUT2D eigenvalue weighted by atomic mass is 127. The minimum absolute atomic E-state index is 0.0947. The van der Waals surface area contributed by atoms with Gasteiger partial charge in [-0.25, -0.2) is 6.14 Å². The summed E-state index contributed by atoms with van der Waals surface area (Å²) in [5.74, 6) is -0.146. The molecular formula is C6H4I2O3. The maximum atomic E-state index is 10.6. The van der Waals surface area contributed by atoms with E-state index in [4.69, 9.17) is 5.11 Å². The summed E-state index contributed by atoms with van der Waals surface area (Å²) in [6.45, 7) is 0. The summed E-state index contributed by atoms with van der Waals surface area (Å²) in [4.78, 5) is 0. The van der Waals surface area contributed by atoms with E-state index >= 15 is 0 Å². The molecule has 0 heterocycles. The Morgan fingerprint density at radius 1 is 1.36 bits per heavy atom. The molecule has 0 aliphatic rings. The van der Waals surface area contributed by atoms with Gasteiger partial charge in [0, 0.05) is 3.57 Å². The van der Waals surface area contributed by atoms with E-state index in [2.05, 4.69) is 0 Å². The number of benzene rings is 1. The molecule has 0 amide bonds. The van der Waals surface area contributed by atoms with Crippen LogP contribution < -0.4 is 0 Å². The number of hydrogen-bond donors (Lipinski definition) is 1. The second-order valence-electron chi connectivity index (χ2n) is 1.79. The fourth-order valence-electron chi connectivity index (χ4n) is 0.645. The van der Waals surface area contributed by atoms with Gasteiger partial charge in [0.05, 0.1) is 0 Å². The second kappa shape index (κ2) is 3.65. The Labute approximate surface area is 84.1 Å². The average Bonchev–Trinajstić information content (AvgIpc) is 1.85. The fourth-order valence-corrected chi connectivity index (χ4v) is 3.48. The Bertz CT molecular complexity index is 315. The van der Waals surface area contributed by atoms with Crippen molar-refractivity contribution >= 4 is 42.4 Å². The van der Waals surface area contributed by atoms with Gasteiger partial charge in [-0.3, -0.25) is 0 Å². The van der Waals surface area contributed by atoms with Crippen LogP contribution in [0.3, 0.4) is 0 Å². The van der Waals surface area contributed by atoms with E-state index in [1.165, 1.54) is 6.07 Å². The van der Waals surface area contributed by atoms with Crippen molar-refractivity contribution < 1.29 is 11.2 Å². The normalized spacial score (nSPS) is 10.4. The third kappa shape index (κ3) is 2.01. The van der Waals surface area contributed by atoms with E-state index in [0.717, 1.165) is 0 Å². The van der Waals surface area contributed by atoms with E-state index in [1.54, 1.807) is 12.1 Å². The summed E-state index contributed by atoms with van der Waals surface area (Å²) >= 11 is -1.65. The zero-order chi connectivity index (χ0) is 8.43. The third-order valence-electron chi connectivity index (χ3n) is 1.09. The van der Waals surface area contributed by atoms with E-state index in [9.17, 15) is 6.14 Å². The number of rotatable bonds is 1. The molecule has 0 spiro atoms. The molecule has 0 saturated carbocycles. The molecule has 0 aliphatic carbocycles. The third-order valence-corrected chi connectivity index (χ3v) is 5.03. The predicted molar refractivity (Wildman–Crippen MR) is 54.9 cm³/mol. The Kier molecular flexibility index (Phi) is 3.05. The van der Waals surface area contributed by atoms with Crippen LogP contribution in [0, 0.1) is 7.14 Å². The molecule has 0 aliphatic heterocycles. The van der Waals surface area contributed by atoms with Crippen molar-refractivity contribution in [2.45, 2.75) is 0 Å². The first-order valence-electron chi connectivity index (χ1n) is 2.65. The van der Waals surface area contributed by atoms with Crippen molar-refractivity contribution in [3.05, 3.63) is 25.3 Å². The quantitative estimate of drug-likeness (QED) is 0.764. The van der Waals surface area contributed by atoms with Gasteiger partial charge in [0.2, 0.25) is 0 Å². The first kappa shape index (κ1) is 9.17. The first-order chi connectivity index (χ1) is 5.13. The first-order valence-corrected chi connectivity index (χ1v) is 6.57. The summed E-state index contributed by atoms with van der Waals surface area (Å²) in [7, 11) is 0. The van der Waals surface area contributed by atoms with Crippen LogP contribution in [-0.2, 0) is 6.14 Å².